The van der Waals surface area contributed by atoms with Crippen LogP contribution in [0.25, 0.3) is 0 Å². The van der Waals surface area contributed by atoms with Crippen LogP contribution in [-0.4, -0.2) is 39.0 Å². The van der Waals surface area contributed by atoms with Crippen molar-refractivity contribution in [3.63, 3.8) is 0 Å². The molecule has 0 radical (unpaired) electrons. The number of rotatable bonds is 6. The van der Waals surface area contributed by atoms with Gasteiger partial charge in [0.15, 0.2) is 0 Å². The molecule has 2 rings (SSSR count). The van der Waals surface area contributed by atoms with Crippen LogP contribution in [0.2, 0.25) is 0 Å². The van der Waals surface area contributed by atoms with Crippen molar-refractivity contribution in [1.82, 2.24) is 30.7 Å². The number of aromatic nitrogens is 5. The average Bonchev–Trinajstić information content (AvgIpc) is 2.92. The van der Waals surface area contributed by atoms with Gasteiger partial charge in [-0.15, -0.1) is 5.10 Å². The lowest BCUT2D eigenvalue weighted by atomic mass is 10.4. The van der Waals surface area contributed by atoms with E-state index < -0.39 is 0 Å². The fourth-order valence-corrected chi connectivity index (χ4v) is 2.06. The van der Waals surface area contributed by atoms with Crippen LogP contribution >= 0.6 is 11.8 Å². The molecule has 2 aromatic heterocycles. The molecule has 0 saturated heterocycles. The van der Waals surface area contributed by atoms with E-state index in [1.54, 1.807) is 4.68 Å². The average molecular weight is 254 g/mol. The van der Waals surface area contributed by atoms with E-state index in [0.29, 0.717) is 5.75 Å². The van der Waals surface area contributed by atoms with E-state index >= 15 is 0 Å². The summed E-state index contributed by atoms with van der Waals surface area (Å²) >= 11 is 1.54. The molecular weight excluding hydrogens is 240 g/mol. The Kier molecular flexibility index (Phi) is 4.10. The second-order valence-corrected chi connectivity index (χ2v) is 4.45. The first-order valence-electron chi connectivity index (χ1n) is 5.25. The molecule has 17 heavy (non-hydrogen) atoms. The summed E-state index contributed by atoms with van der Waals surface area (Å²) < 4.78 is 6.89. The molecule has 2 heterocycles. The highest BCUT2D eigenvalue weighted by atomic mass is 32.2. The van der Waals surface area contributed by atoms with Crippen molar-refractivity contribution in [2.24, 2.45) is 0 Å². The van der Waals surface area contributed by atoms with Gasteiger partial charge in [-0.05, 0) is 24.4 Å². The Morgan fingerprint density at radius 1 is 1.53 bits per heavy atom. The summed E-state index contributed by atoms with van der Waals surface area (Å²) in [7, 11) is 1.90. The first kappa shape index (κ1) is 12.1. The van der Waals surface area contributed by atoms with Crippen molar-refractivity contribution in [1.29, 1.82) is 0 Å². The molecule has 0 amide bonds. The Labute approximate surface area is 103 Å². The largest absolute Gasteiger partial charge is 0.360 e. The second-order valence-electron chi connectivity index (χ2n) is 3.51. The topological polar surface area (TPSA) is 81.7 Å². The normalized spacial score (nSPS) is 10.9. The van der Waals surface area contributed by atoms with Crippen molar-refractivity contribution in [2.45, 2.75) is 24.4 Å². The van der Waals surface area contributed by atoms with Gasteiger partial charge in [-0.1, -0.05) is 16.9 Å². The summed E-state index contributed by atoms with van der Waals surface area (Å²) in [5, 5.41) is 19.2. The summed E-state index contributed by atoms with van der Waals surface area (Å²) in [6.45, 7) is 3.48. The highest BCUT2D eigenvalue weighted by Gasteiger charge is 2.08. The van der Waals surface area contributed by atoms with Gasteiger partial charge in [0.2, 0.25) is 5.16 Å². The van der Waals surface area contributed by atoms with E-state index in [1.165, 1.54) is 11.8 Å². The lowest BCUT2D eigenvalue weighted by Gasteiger charge is -2.01. The number of thioether (sulfide) groups is 1. The zero-order valence-electron chi connectivity index (χ0n) is 9.75. The summed E-state index contributed by atoms with van der Waals surface area (Å²) in [6, 6.07) is 1.91. The Bertz CT molecular complexity index is 468. The van der Waals surface area contributed by atoms with Gasteiger partial charge in [-0.3, -0.25) is 0 Å². The highest BCUT2D eigenvalue weighted by molar-refractivity contribution is 7.98. The minimum absolute atomic E-state index is 0.681. The predicted molar refractivity (Wildman–Crippen MR) is 62.5 cm³/mol. The maximum absolute atomic E-state index is 5.12. The molecule has 2 aromatic rings. The summed E-state index contributed by atoms with van der Waals surface area (Å²) in [4.78, 5) is 0. The first-order chi connectivity index (χ1) is 8.29. The van der Waals surface area contributed by atoms with Gasteiger partial charge in [0.05, 0.1) is 18.0 Å². The van der Waals surface area contributed by atoms with Gasteiger partial charge in [-0.2, -0.15) is 0 Å². The third-order valence-electron chi connectivity index (χ3n) is 2.09. The summed E-state index contributed by atoms with van der Waals surface area (Å²) in [5.74, 6) is 1.51. The Morgan fingerprint density at radius 2 is 2.41 bits per heavy atom. The van der Waals surface area contributed by atoms with E-state index in [-0.39, 0.29) is 0 Å². The molecular formula is C9H14N6OS. The number of aryl methyl sites for hydroxylation is 1. The predicted octanol–water partition coefficient (Wildman–Crippen LogP) is 0.481. The third-order valence-corrected chi connectivity index (χ3v) is 3.07. The van der Waals surface area contributed by atoms with Crippen molar-refractivity contribution >= 4 is 11.8 Å². The lowest BCUT2D eigenvalue weighted by Crippen LogP contribution is -2.16. The van der Waals surface area contributed by atoms with Crippen molar-refractivity contribution in [3.8, 4) is 0 Å². The van der Waals surface area contributed by atoms with Crippen LogP contribution in [0, 0.1) is 6.92 Å². The molecule has 0 spiro atoms. The van der Waals surface area contributed by atoms with E-state index in [4.69, 9.17) is 4.52 Å². The van der Waals surface area contributed by atoms with E-state index in [9.17, 15) is 0 Å². The fraction of sp³-hybridized carbons (Fsp3) is 0.556. The lowest BCUT2D eigenvalue weighted by molar-refractivity contribution is 0.390. The minimum Gasteiger partial charge on any atom is -0.360 e. The molecule has 0 unspecified atom stereocenters. The van der Waals surface area contributed by atoms with Crippen molar-refractivity contribution < 1.29 is 4.52 Å². The first-order valence-corrected chi connectivity index (χ1v) is 6.24. The second kappa shape index (κ2) is 5.78. The number of hydrogen-bond acceptors (Lipinski definition) is 7. The molecule has 0 fully saturated rings. The molecule has 0 aromatic carbocycles. The number of hydrogen-bond donors (Lipinski definition) is 1. The van der Waals surface area contributed by atoms with Gasteiger partial charge in [0.1, 0.15) is 5.76 Å². The van der Waals surface area contributed by atoms with Crippen molar-refractivity contribution in [3.05, 3.63) is 17.5 Å². The van der Waals surface area contributed by atoms with Crippen LogP contribution in [0.4, 0.5) is 0 Å². The van der Waals surface area contributed by atoms with Gasteiger partial charge in [-0.25, -0.2) is 4.68 Å². The van der Waals surface area contributed by atoms with Gasteiger partial charge in [0.25, 0.3) is 0 Å². The van der Waals surface area contributed by atoms with Crippen LogP contribution in [0.15, 0.2) is 15.7 Å². The smallest absolute Gasteiger partial charge is 0.209 e. The maximum atomic E-state index is 5.12. The molecule has 0 aliphatic rings. The van der Waals surface area contributed by atoms with E-state index in [0.717, 1.165) is 29.7 Å². The van der Waals surface area contributed by atoms with Gasteiger partial charge < -0.3 is 9.84 Å². The SMILES string of the molecule is CNCCn1nnnc1SCc1cc(C)no1. The molecule has 92 valence electrons. The van der Waals surface area contributed by atoms with Crippen LogP contribution in [0.5, 0.6) is 0 Å². The molecule has 0 aliphatic carbocycles. The van der Waals surface area contributed by atoms with Crippen LogP contribution < -0.4 is 5.32 Å². The van der Waals surface area contributed by atoms with Crippen LogP contribution in [-0.2, 0) is 12.3 Å². The Morgan fingerprint density at radius 3 is 3.12 bits per heavy atom. The molecule has 0 saturated carbocycles. The summed E-state index contributed by atoms with van der Waals surface area (Å²) in [5.41, 5.74) is 0.885. The maximum Gasteiger partial charge on any atom is 0.209 e. The Hall–Kier alpha value is -1.41. The van der Waals surface area contributed by atoms with E-state index in [1.807, 2.05) is 20.0 Å². The number of tetrazole rings is 1. The standard InChI is InChI=1S/C9H14N6OS/c1-7-5-8(16-12-7)6-17-9-11-13-14-15(9)4-3-10-2/h5,10H,3-4,6H2,1-2H3. The Balaban J connectivity index is 1.92. The molecule has 7 nitrogen and oxygen atoms in total. The number of likely N-dealkylation sites (N-methyl/N-ethyl adjacent to an activating group) is 1. The number of nitrogens with one attached hydrogen (secondary N) is 1. The zero-order valence-corrected chi connectivity index (χ0v) is 10.6. The van der Waals surface area contributed by atoms with Crippen LogP contribution in [0.1, 0.15) is 11.5 Å². The van der Waals surface area contributed by atoms with Crippen molar-refractivity contribution in [2.75, 3.05) is 13.6 Å². The molecule has 8 heteroatoms. The molecule has 1 N–H and O–H groups in total. The minimum atomic E-state index is 0.681. The monoisotopic (exact) mass is 254 g/mol. The summed E-state index contributed by atoms with van der Waals surface area (Å²) in [6.07, 6.45) is 0. The third kappa shape index (κ3) is 3.27. The zero-order chi connectivity index (χ0) is 12.1. The van der Waals surface area contributed by atoms with Crippen LogP contribution in [0.3, 0.4) is 0 Å². The molecule has 0 bridgehead atoms. The van der Waals surface area contributed by atoms with E-state index in [2.05, 4.69) is 26.0 Å². The fourth-order valence-electron chi connectivity index (χ4n) is 1.28. The quantitative estimate of drug-likeness (QED) is 0.751. The van der Waals surface area contributed by atoms with Gasteiger partial charge in [0, 0.05) is 12.6 Å². The molecule has 0 aliphatic heterocycles. The van der Waals surface area contributed by atoms with Gasteiger partial charge >= 0.3 is 0 Å². The number of nitrogens with zero attached hydrogens (tertiary/aromatic N) is 5. The highest BCUT2D eigenvalue weighted by Crippen LogP contribution is 2.19. The molecule has 0 atom stereocenters.